The Balaban J connectivity index is 1.72. The maximum atomic E-state index is 11.8. The van der Waals surface area contributed by atoms with E-state index in [0.717, 1.165) is 49.2 Å². The molecule has 1 aliphatic rings. The molecule has 0 spiro atoms. The normalized spacial score (nSPS) is 15.5. The summed E-state index contributed by atoms with van der Waals surface area (Å²) in [6, 6.07) is 7.54. The highest BCUT2D eigenvalue weighted by atomic mass is 16.5. The third-order valence-corrected chi connectivity index (χ3v) is 5.20. The van der Waals surface area contributed by atoms with Crippen LogP contribution in [0.2, 0.25) is 0 Å². The number of rotatable bonds is 9. The van der Waals surface area contributed by atoms with Gasteiger partial charge in [-0.2, -0.15) is 0 Å². The molecule has 162 valence electrons. The maximum Gasteiger partial charge on any atom is 0.308 e. The standard InChI is InChI=1S/C22H30N4O4/c1-5-13-26-20(16(3)30-19-9-7-18(8-10-19)29-6-2)23-24-22(26)25-14-11-17(12-15-25)21(27)28-4/h5,7-10,16-17H,1,6,11-15H2,2-4H3. The monoisotopic (exact) mass is 414 g/mol. The van der Waals surface area contributed by atoms with E-state index >= 15 is 0 Å². The van der Waals surface area contributed by atoms with E-state index in [-0.39, 0.29) is 18.0 Å². The highest BCUT2D eigenvalue weighted by Crippen LogP contribution is 2.28. The summed E-state index contributed by atoms with van der Waals surface area (Å²) in [7, 11) is 1.44. The van der Waals surface area contributed by atoms with Crippen molar-refractivity contribution in [1.29, 1.82) is 0 Å². The van der Waals surface area contributed by atoms with Crippen LogP contribution in [0, 0.1) is 5.92 Å². The molecule has 0 saturated carbocycles. The van der Waals surface area contributed by atoms with Crippen molar-refractivity contribution in [3.63, 3.8) is 0 Å². The van der Waals surface area contributed by atoms with Crippen LogP contribution in [-0.2, 0) is 16.1 Å². The average Bonchev–Trinajstić information content (AvgIpc) is 3.19. The lowest BCUT2D eigenvalue weighted by atomic mass is 9.97. The molecular formula is C22H30N4O4. The Labute approximate surface area is 177 Å². The number of hydrogen-bond donors (Lipinski definition) is 0. The zero-order valence-electron chi connectivity index (χ0n) is 17.9. The number of esters is 1. The van der Waals surface area contributed by atoms with Gasteiger partial charge in [0.2, 0.25) is 5.95 Å². The van der Waals surface area contributed by atoms with Crippen LogP contribution in [0.4, 0.5) is 5.95 Å². The molecule has 1 fully saturated rings. The zero-order chi connectivity index (χ0) is 21.5. The predicted molar refractivity (Wildman–Crippen MR) is 114 cm³/mol. The van der Waals surface area contributed by atoms with Crippen molar-refractivity contribution in [2.45, 2.75) is 39.3 Å². The van der Waals surface area contributed by atoms with Gasteiger partial charge in [-0.05, 0) is 51.0 Å². The first kappa shape index (κ1) is 21.7. The summed E-state index contributed by atoms with van der Waals surface area (Å²) >= 11 is 0. The summed E-state index contributed by atoms with van der Waals surface area (Å²) in [5.41, 5.74) is 0. The Morgan fingerprint density at radius 1 is 1.23 bits per heavy atom. The van der Waals surface area contributed by atoms with Crippen molar-refractivity contribution in [3.05, 3.63) is 42.7 Å². The van der Waals surface area contributed by atoms with Crippen LogP contribution in [0.15, 0.2) is 36.9 Å². The number of carbonyl (C=O) groups excluding carboxylic acids is 1. The fraction of sp³-hybridized carbons (Fsp3) is 0.500. The van der Waals surface area contributed by atoms with Crippen molar-refractivity contribution in [2.24, 2.45) is 5.92 Å². The minimum absolute atomic E-state index is 0.0524. The lowest BCUT2D eigenvalue weighted by molar-refractivity contribution is -0.146. The molecule has 1 unspecified atom stereocenters. The zero-order valence-corrected chi connectivity index (χ0v) is 17.9. The van der Waals surface area contributed by atoms with E-state index in [1.54, 1.807) is 0 Å². The van der Waals surface area contributed by atoms with Crippen LogP contribution in [-0.4, -0.2) is 47.5 Å². The Morgan fingerprint density at radius 2 is 1.90 bits per heavy atom. The predicted octanol–water partition coefficient (Wildman–Crippen LogP) is 3.39. The van der Waals surface area contributed by atoms with E-state index < -0.39 is 0 Å². The molecule has 8 nitrogen and oxygen atoms in total. The third-order valence-electron chi connectivity index (χ3n) is 5.20. The molecular weight excluding hydrogens is 384 g/mol. The van der Waals surface area contributed by atoms with Crippen LogP contribution in [0.1, 0.15) is 38.6 Å². The van der Waals surface area contributed by atoms with E-state index in [4.69, 9.17) is 14.2 Å². The van der Waals surface area contributed by atoms with E-state index in [2.05, 4.69) is 21.7 Å². The highest BCUT2D eigenvalue weighted by Gasteiger charge is 2.29. The molecule has 0 bridgehead atoms. The Morgan fingerprint density at radius 3 is 2.50 bits per heavy atom. The molecule has 2 heterocycles. The molecule has 2 aromatic rings. The molecule has 8 heteroatoms. The van der Waals surface area contributed by atoms with E-state index in [9.17, 15) is 4.79 Å². The summed E-state index contributed by atoms with van der Waals surface area (Å²) in [5, 5.41) is 8.83. The van der Waals surface area contributed by atoms with Crippen LogP contribution >= 0.6 is 0 Å². The van der Waals surface area contributed by atoms with Gasteiger partial charge < -0.3 is 19.1 Å². The van der Waals surface area contributed by atoms with E-state index in [1.807, 2.05) is 48.8 Å². The fourth-order valence-electron chi connectivity index (χ4n) is 3.67. The average molecular weight is 415 g/mol. The van der Waals surface area contributed by atoms with Crippen LogP contribution < -0.4 is 14.4 Å². The second kappa shape index (κ2) is 10.1. The molecule has 1 aromatic carbocycles. The largest absolute Gasteiger partial charge is 0.494 e. The quantitative estimate of drug-likeness (QED) is 0.460. The number of anilines is 1. The maximum absolute atomic E-state index is 11.8. The van der Waals surface area contributed by atoms with Gasteiger partial charge in [-0.3, -0.25) is 9.36 Å². The molecule has 0 amide bonds. The molecule has 1 aliphatic heterocycles. The first-order valence-electron chi connectivity index (χ1n) is 10.3. The fourth-order valence-corrected chi connectivity index (χ4v) is 3.67. The van der Waals surface area contributed by atoms with Crippen molar-refractivity contribution in [1.82, 2.24) is 14.8 Å². The Kier molecular flexibility index (Phi) is 7.32. The summed E-state index contributed by atoms with van der Waals surface area (Å²) < 4.78 is 18.5. The Hall–Kier alpha value is -3.03. The summed E-state index contributed by atoms with van der Waals surface area (Å²) in [6.45, 7) is 10.4. The van der Waals surface area contributed by atoms with Gasteiger partial charge in [-0.1, -0.05) is 6.08 Å². The summed E-state index contributed by atoms with van der Waals surface area (Å²) in [6.07, 6.45) is 3.00. The number of carbonyl (C=O) groups is 1. The van der Waals surface area contributed by atoms with Crippen molar-refractivity contribution in [3.8, 4) is 11.5 Å². The number of ether oxygens (including phenoxy) is 3. The molecule has 30 heavy (non-hydrogen) atoms. The number of benzene rings is 1. The van der Waals surface area contributed by atoms with Gasteiger partial charge in [0.15, 0.2) is 11.9 Å². The number of nitrogens with zero attached hydrogens (tertiary/aromatic N) is 4. The number of hydrogen-bond acceptors (Lipinski definition) is 7. The van der Waals surface area contributed by atoms with Crippen LogP contribution in [0.3, 0.4) is 0 Å². The van der Waals surface area contributed by atoms with Gasteiger partial charge in [0.1, 0.15) is 11.5 Å². The topological polar surface area (TPSA) is 78.7 Å². The number of piperidine rings is 1. The second-order valence-corrected chi connectivity index (χ2v) is 7.21. The minimum Gasteiger partial charge on any atom is -0.494 e. The van der Waals surface area contributed by atoms with Gasteiger partial charge in [0, 0.05) is 19.6 Å². The minimum atomic E-state index is -0.295. The Bertz CT molecular complexity index is 841. The SMILES string of the molecule is C=CCn1c(C(C)Oc2ccc(OCC)cc2)nnc1N1CCC(C(=O)OC)CC1. The highest BCUT2D eigenvalue weighted by molar-refractivity contribution is 5.72. The van der Waals surface area contributed by atoms with Crippen molar-refractivity contribution < 1.29 is 19.0 Å². The lowest BCUT2D eigenvalue weighted by Gasteiger charge is -2.31. The van der Waals surface area contributed by atoms with E-state index in [1.165, 1.54) is 7.11 Å². The molecule has 0 aliphatic carbocycles. The van der Waals surface area contributed by atoms with Crippen molar-refractivity contribution in [2.75, 3.05) is 31.7 Å². The smallest absolute Gasteiger partial charge is 0.308 e. The van der Waals surface area contributed by atoms with Crippen molar-refractivity contribution >= 4 is 11.9 Å². The lowest BCUT2D eigenvalue weighted by Crippen LogP contribution is -2.38. The second-order valence-electron chi connectivity index (χ2n) is 7.21. The first-order chi connectivity index (χ1) is 14.6. The molecule has 1 aromatic heterocycles. The van der Waals surface area contributed by atoms with E-state index in [0.29, 0.717) is 13.2 Å². The van der Waals surface area contributed by atoms with Gasteiger partial charge in [-0.25, -0.2) is 0 Å². The molecule has 1 saturated heterocycles. The molecule has 3 rings (SSSR count). The van der Waals surface area contributed by atoms with Gasteiger partial charge in [0.05, 0.1) is 19.6 Å². The van der Waals surface area contributed by atoms with Gasteiger partial charge >= 0.3 is 5.97 Å². The van der Waals surface area contributed by atoms with Gasteiger partial charge in [0.25, 0.3) is 0 Å². The first-order valence-corrected chi connectivity index (χ1v) is 10.3. The molecule has 0 N–H and O–H groups in total. The summed E-state index contributed by atoms with van der Waals surface area (Å²) in [5.74, 6) is 2.86. The van der Waals surface area contributed by atoms with Crippen LogP contribution in [0.25, 0.3) is 0 Å². The number of aromatic nitrogens is 3. The third kappa shape index (κ3) is 4.93. The van der Waals surface area contributed by atoms with Gasteiger partial charge in [-0.15, -0.1) is 16.8 Å². The number of methoxy groups -OCH3 is 1. The number of allylic oxidation sites excluding steroid dienone is 1. The molecule has 0 radical (unpaired) electrons. The summed E-state index contributed by atoms with van der Waals surface area (Å²) in [4.78, 5) is 13.9. The van der Waals surface area contributed by atoms with Crippen LogP contribution in [0.5, 0.6) is 11.5 Å². The molecule has 1 atom stereocenters.